The quantitative estimate of drug-likeness (QED) is 0.782. The van der Waals surface area contributed by atoms with Crippen LogP contribution >= 0.6 is 0 Å². The Kier molecular flexibility index (Phi) is 6.04. The van der Waals surface area contributed by atoms with Gasteiger partial charge < -0.3 is 15.1 Å². The van der Waals surface area contributed by atoms with Crippen LogP contribution in [0.15, 0.2) is 30.5 Å². The minimum Gasteiger partial charge on any atom is -0.369 e. The molecule has 6 heteroatoms. The number of nitrogens with zero attached hydrogens (tertiary/aromatic N) is 5. The molecule has 0 aliphatic carbocycles. The van der Waals surface area contributed by atoms with Crippen LogP contribution in [0.5, 0.6) is 0 Å². The van der Waals surface area contributed by atoms with Crippen molar-refractivity contribution in [1.82, 2.24) is 15.2 Å². The lowest BCUT2D eigenvalue weighted by Crippen LogP contribution is -2.47. The zero-order valence-electron chi connectivity index (χ0n) is 15.3. The highest BCUT2D eigenvalue weighted by atomic mass is 15.4. The summed E-state index contributed by atoms with van der Waals surface area (Å²) in [6.45, 7) is 9.05. The molecular weight excluding hydrogens is 312 g/mol. The minimum atomic E-state index is 0.726. The maximum atomic E-state index is 4.63. The Hall–Kier alpha value is -2.37. The summed E-state index contributed by atoms with van der Waals surface area (Å²) in [7, 11) is 0. The number of hydrogen-bond donors (Lipinski definition) is 1. The Balaban J connectivity index is 1.55. The Morgan fingerprint density at radius 3 is 2.64 bits per heavy atom. The van der Waals surface area contributed by atoms with Gasteiger partial charge in [0.2, 0.25) is 5.95 Å². The number of hydrogen-bond acceptors (Lipinski definition) is 6. The standard InChI is InChI=1S/C19H28N6/c1-3-4-5-9-20-18-15-21-23-19(22-18)25-12-10-24(11-13-25)17-8-6-7-16(2)14-17/h6-8,14-15H,3-5,9-13H2,1-2H3,(H,20,22,23). The number of aromatic nitrogens is 3. The minimum absolute atomic E-state index is 0.726. The SMILES string of the molecule is CCCCCNc1cnnc(N2CCN(c3cccc(C)c3)CC2)n1. The topological polar surface area (TPSA) is 57.2 Å². The van der Waals surface area contributed by atoms with Crippen LogP contribution in [0.2, 0.25) is 0 Å². The summed E-state index contributed by atoms with van der Waals surface area (Å²) in [4.78, 5) is 9.27. The van der Waals surface area contributed by atoms with Gasteiger partial charge in [-0.05, 0) is 31.0 Å². The maximum Gasteiger partial charge on any atom is 0.247 e. The number of benzene rings is 1. The van der Waals surface area contributed by atoms with Crippen LogP contribution in [0.3, 0.4) is 0 Å². The molecule has 1 N–H and O–H groups in total. The van der Waals surface area contributed by atoms with Gasteiger partial charge in [-0.25, -0.2) is 0 Å². The van der Waals surface area contributed by atoms with Crippen LogP contribution in [0.1, 0.15) is 31.7 Å². The largest absolute Gasteiger partial charge is 0.369 e. The van der Waals surface area contributed by atoms with Gasteiger partial charge in [-0.2, -0.15) is 10.1 Å². The maximum absolute atomic E-state index is 4.63. The van der Waals surface area contributed by atoms with Crippen LogP contribution in [0, 0.1) is 6.92 Å². The van der Waals surface area contributed by atoms with E-state index in [1.165, 1.54) is 24.1 Å². The number of nitrogens with one attached hydrogen (secondary N) is 1. The highest BCUT2D eigenvalue weighted by Crippen LogP contribution is 2.19. The number of unbranched alkanes of at least 4 members (excludes halogenated alkanes) is 2. The summed E-state index contributed by atoms with van der Waals surface area (Å²) in [5, 5.41) is 11.7. The number of aryl methyl sites for hydroxylation is 1. The summed E-state index contributed by atoms with van der Waals surface area (Å²) in [5.74, 6) is 1.55. The van der Waals surface area contributed by atoms with E-state index in [4.69, 9.17) is 0 Å². The predicted octanol–water partition coefficient (Wildman–Crippen LogP) is 3.11. The lowest BCUT2D eigenvalue weighted by Gasteiger charge is -2.36. The molecule has 0 spiro atoms. The summed E-state index contributed by atoms with van der Waals surface area (Å²) in [6, 6.07) is 8.69. The fraction of sp³-hybridized carbons (Fsp3) is 0.526. The first-order chi connectivity index (χ1) is 12.3. The molecule has 0 saturated carbocycles. The Morgan fingerprint density at radius 1 is 1.08 bits per heavy atom. The van der Waals surface area contributed by atoms with E-state index in [-0.39, 0.29) is 0 Å². The van der Waals surface area contributed by atoms with Crippen molar-refractivity contribution in [2.75, 3.05) is 47.8 Å². The molecule has 0 bridgehead atoms. The zero-order chi connectivity index (χ0) is 17.5. The van der Waals surface area contributed by atoms with Crippen LogP contribution in [-0.4, -0.2) is 47.9 Å². The van der Waals surface area contributed by atoms with E-state index >= 15 is 0 Å². The van der Waals surface area contributed by atoms with E-state index in [0.717, 1.165) is 50.9 Å². The highest BCUT2D eigenvalue weighted by Gasteiger charge is 2.19. The first kappa shape index (κ1) is 17.5. The van der Waals surface area contributed by atoms with Gasteiger partial charge in [0, 0.05) is 38.4 Å². The van der Waals surface area contributed by atoms with E-state index in [1.807, 2.05) is 0 Å². The van der Waals surface area contributed by atoms with Gasteiger partial charge >= 0.3 is 0 Å². The summed E-state index contributed by atoms with van der Waals surface area (Å²) in [5.41, 5.74) is 2.60. The average Bonchev–Trinajstić information content (AvgIpc) is 2.66. The fourth-order valence-electron chi connectivity index (χ4n) is 3.09. The van der Waals surface area contributed by atoms with Crippen molar-refractivity contribution in [2.24, 2.45) is 0 Å². The van der Waals surface area contributed by atoms with Crippen LogP contribution in [0.4, 0.5) is 17.5 Å². The molecule has 1 aromatic heterocycles. The molecule has 1 fully saturated rings. The molecule has 0 amide bonds. The van der Waals surface area contributed by atoms with E-state index in [0.29, 0.717) is 0 Å². The summed E-state index contributed by atoms with van der Waals surface area (Å²) < 4.78 is 0. The normalized spacial score (nSPS) is 14.6. The zero-order valence-corrected chi connectivity index (χ0v) is 15.3. The van der Waals surface area contributed by atoms with E-state index < -0.39 is 0 Å². The molecule has 3 rings (SSSR count). The lowest BCUT2D eigenvalue weighted by molar-refractivity contribution is 0.635. The third-order valence-electron chi connectivity index (χ3n) is 4.56. The Morgan fingerprint density at radius 2 is 1.88 bits per heavy atom. The van der Waals surface area contributed by atoms with E-state index in [2.05, 4.69) is 68.4 Å². The lowest BCUT2D eigenvalue weighted by atomic mass is 10.2. The molecule has 2 aromatic rings. The summed E-state index contributed by atoms with van der Waals surface area (Å²) in [6.07, 6.45) is 5.32. The third-order valence-corrected chi connectivity index (χ3v) is 4.56. The number of rotatable bonds is 7. The van der Waals surface area contributed by atoms with Crippen molar-refractivity contribution in [1.29, 1.82) is 0 Å². The van der Waals surface area contributed by atoms with Gasteiger partial charge in [-0.1, -0.05) is 31.9 Å². The number of anilines is 3. The van der Waals surface area contributed by atoms with Crippen LogP contribution in [-0.2, 0) is 0 Å². The molecule has 1 aliphatic rings. The monoisotopic (exact) mass is 340 g/mol. The van der Waals surface area contributed by atoms with Crippen molar-refractivity contribution < 1.29 is 0 Å². The van der Waals surface area contributed by atoms with Crippen molar-refractivity contribution in [2.45, 2.75) is 33.1 Å². The molecule has 1 aromatic carbocycles. The fourth-order valence-corrected chi connectivity index (χ4v) is 3.09. The predicted molar refractivity (Wildman–Crippen MR) is 103 cm³/mol. The van der Waals surface area contributed by atoms with E-state index in [1.54, 1.807) is 6.20 Å². The molecule has 134 valence electrons. The molecule has 6 nitrogen and oxygen atoms in total. The molecule has 0 unspecified atom stereocenters. The van der Waals surface area contributed by atoms with Crippen molar-refractivity contribution in [3.63, 3.8) is 0 Å². The molecule has 2 heterocycles. The molecule has 1 aliphatic heterocycles. The second kappa shape index (κ2) is 8.65. The van der Waals surface area contributed by atoms with Gasteiger partial charge in [0.05, 0.1) is 6.20 Å². The molecule has 0 radical (unpaired) electrons. The summed E-state index contributed by atoms with van der Waals surface area (Å²) >= 11 is 0. The van der Waals surface area contributed by atoms with Gasteiger partial charge in [0.25, 0.3) is 0 Å². The van der Waals surface area contributed by atoms with Crippen LogP contribution in [0.25, 0.3) is 0 Å². The first-order valence-corrected chi connectivity index (χ1v) is 9.26. The highest BCUT2D eigenvalue weighted by molar-refractivity contribution is 5.50. The second-order valence-electron chi connectivity index (χ2n) is 6.59. The van der Waals surface area contributed by atoms with Gasteiger partial charge in [0.1, 0.15) is 0 Å². The smallest absolute Gasteiger partial charge is 0.247 e. The molecule has 0 atom stereocenters. The Bertz CT molecular complexity index is 666. The van der Waals surface area contributed by atoms with Gasteiger partial charge in [0.15, 0.2) is 5.82 Å². The Labute approximate surface area is 150 Å². The van der Waals surface area contributed by atoms with Crippen LogP contribution < -0.4 is 15.1 Å². The third kappa shape index (κ3) is 4.81. The van der Waals surface area contributed by atoms with Crippen molar-refractivity contribution in [3.8, 4) is 0 Å². The first-order valence-electron chi connectivity index (χ1n) is 9.26. The van der Waals surface area contributed by atoms with Crippen molar-refractivity contribution >= 4 is 17.5 Å². The van der Waals surface area contributed by atoms with Crippen molar-refractivity contribution in [3.05, 3.63) is 36.0 Å². The molecular formula is C19H28N6. The van der Waals surface area contributed by atoms with Gasteiger partial charge in [-0.3, -0.25) is 0 Å². The molecule has 1 saturated heterocycles. The second-order valence-corrected chi connectivity index (χ2v) is 6.59. The average molecular weight is 340 g/mol. The molecule has 25 heavy (non-hydrogen) atoms. The van der Waals surface area contributed by atoms with E-state index in [9.17, 15) is 0 Å². The van der Waals surface area contributed by atoms with Gasteiger partial charge in [-0.15, -0.1) is 5.10 Å². The number of piperazine rings is 1.